The van der Waals surface area contributed by atoms with Crippen molar-refractivity contribution in [3.63, 3.8) is 0 Å². The molecule has 6 heteroatoms. The van der Waals surface area contributed by atoms with Crippen LogP contribution in [0, 0.1) is 10.1 Å². The summed E-state index contributed by atoms with van der Waals surface area (Å²) in [6, 6.07) is 4.92. The number of hydrogen-bond acceptors (Lipinski definition) is 4. The van der Waals surface area contributed by atoms with Crippen LogP contribution in [0.3, 0.4) is 0 Å². The third kappa shape index (κ3) is 4.85. The van der Waals surface area contributed by atoms with Gasteiger partial charge in [0.05, 0.1) is 17.8 Å². The number of rotatable bonds is 8. The summed E-state index contributed by atoms with van der Waals surface area (Å²) in [5.41, 5.74) is 0.798. The molecule has 0 aliphatic heterocycles. The Hall–Kier alpha value is -1.40. The number of halogens is 1. The first-order valence-electron chi connectivity index (χ1n) is 5.51. The topological polar surface area (TPSA) is 64.4 Å². The lowest BCUT2D eigenvalue weighted by Gasteiger charge is -2.06. The second kappa shape index (κ2) is 7.84. The monoisotopic (exact) mass is 314 g/mol. The van der Waals surface area contributed by atoms with Gasteiger partial charge in [0.15, 0.2) is 0 Å². The molecule has 98 valence electrons. The van der Waals surface area contributed by atoms with Crippen LogP contribution in [0.25, 0.3) is 0 Å². The van der Waals surface area contributed by atoms with Crippen LogP contribution in [0.2, 0.25) is 0 Å². The zero-order valence-electron chi connectivity index (χ0n) is 9.89. The molecule has 0 bridgehead atoms. The van der Waals surface area contributed by atoms with Gasteiger partial charge in [-0.25, -0.2) is 0 Å². The first kappa shape index (κ1) is 14.7. The van der Waals surface area contributed by atoms with E-state index in [1.807, 2.05) is 0 Å². The summed E-state index contributed by atoms with van der Waals surface area (Å²) in [5, 5.41) is 14.0. The molecule has 0 spiro atoms. The van der Waals surface area contributed by atoms with Gasteiger partial charge in [0.1, 0.15) is 0 Å². The second-order valence-electron chi connectivity index (χ2n) is 3.60. The fraction of sp³-hybridized carbons (Fsp3) is 0.333. The van der Waals surface area contributed by atoms with E-state index in [-0.39, 0.29) is 10.6 Å². The summed E-state index contributed by atoms with van der Waals surface area (Å²) >= 11 is 3.31. The molecule has 18 heavy (non-hydrogen) atoms. The van der Waals surface area contributed by atoms with Crippen molar-refractivity contribution in [3.8, 4) is 0 Å². The minimum Gasteiger partial charge on any atom is -0.502 e. The quantitative estimate of drug-likeness (QED) is 0.347. The minimum atomic E-state index is -0.371. The molecule has 0 saturated carbocycles. The third-order valence-electron chi connectivity index (χ3n) is 2.29. The number of benzene rings is 1. The smallest absolute Gasteiger partial charge is 0.273 e. The van der Waals surface area contributed by atoms with E-state index >= 15 is 0 Å². The highest BCUT2D eigenvalue weighted by Gasteiger charge is 2.12. The van der Waals surface area contributed by atoms with Crippen LogP contribution < -0.4 is 5.32 Å². The van der Waals surface area contributed by atoms with Crippen LogP contribution in [0.15, 0.2) is 35.5 Å². The molecular weight excluding hydrogens is 300 g/mol. The van der Waals surface area contributed by atoms with Crippen LogP contribution in [-0.4, -0.2) is 18.1 Å². The molecule has 5 nitrogen and oxygen atoms in total. The average molecular weight is 315 g/mol. The minimum absolute atomic E-state index is 0.132. The van der Waals surface area contributed by atoms with Crippen molar-refractivity contribution in [1.82, 2.24) is 5.32 Å². The molecule has 0 heterocycles. The van der Waals surface area contributed by atoms with E-state index in [9.17, 15) is 10.1 Å². The molecule has 0 unspecified atom stereocenters. The lowest BCUT2D eigenvalue weighted by Crippen LogP contribution is -2.16. The number of ether oxygens (including phenoxy) is 1. The number of nitro benzene ring substituents is 1. The fourth-order valence-corrected chi connectivity index (χ4v) is 1.87. The summed E-state index contributed by atoms with van der Waals surface area (Å²) < 4.78 is 5.81. The van der Waals surface area contributed by atoms with E-state index in [1.165, 1.54) is 12.3 Å². The summed E-state index contributed by atoms with van der Waals surface area (Å²) in [5.74, 6) is 0. The van der Waals surface area contributed by atoms with Gasteiger partial charge in [-0.2, -0.15) is 0 Å². The van der Waals surface area contributed by atoms with Crippen molar-refractivity contribution >= 4 is 21.6 Å². The maximum atomic E-state index is 10.8. The number of hydrogen-bond donors (Lipinski definition) is 1. The Bertz CT molecular complexity index is 424. The van der Waals surface area contributed by atoms with Gasteiger partial charge in [-0.15, -0.1) is 0 Å². The van der Waals surface area contributed by atoms with Gasteiger partial charge in [-0.3, -0.25) is 10.1 Å². The van der Waals surface area contributed by atoms with E-state index in [4.69, 9.17) is 4.74 Å². The zero-order valence-corrected chi connectivity index (χ0v) is 11.5. The van der Waals surface area contributed by atoms with E-state index in [1.54, 1.807) is 12.1 Å². The molecule has 0 aliphatic carbocycles. The van der Waals surface area contributed by atoms with Crippen molar-refractivity contribution in [3.05, 3.63) is 51.2 Å². The van der Waals surface area contributed by atoms with E-state index < -0.39 is 0 Å². The van der Waals surface area contributed by atoms with Crippen molar-refractivity contribution in [2.75, 3.05) is 13.2 Å². The largest absolute Gasteiger partial charge is 0.502 e. The summed E-state index contributed by atoms with van der Waals surface area (Å²) in [6.45, 7) is 5.23. The van der Waals surface area contributed by atoms with Crippen LogP contribution in [0.5, 0.6) is 0 Å². The van der Waals surface area contributed by atoms with Gasteiger partial charge < -0.3 is 10.1 Å². The number of nitrogens with zero attached hydrogens (tertiary/aromatic N) is 1. The molecular formula is C12H15BrN2O3. The Morgan fingerprint density at radius 2 is 2.33 bits per heavy atom. The van der Waals surface area contributed by atoms with Crippen LogP contribution in [0.4, 0.5) is 5.69 Å². The normalized spacial score (nSPS) is 10.1. The van der Waals surface area contributed by atoms with E-state index in [2.05, 4.69) is 27.8 Å². The maximum absolute atomic E-state index is 10.8. The highest BCUT2D eigenvalue weighted by Crippen LogP contribution is 2.22. The van der Waals surface area contributed by atoms with Crippen molar-refractivity contribution in [1.29, 1.82) is 0 Å². The molecule has 1 aromatic carbocycles. The van der Waals surface area contributed by atoms with E-state index in [0.717, 1.165) is 17.4 Å². The molecule has 1 N–H and O–H groups in total. The van der Waals surface area contributed by atoms with Crippen LogP contribution in [-0.2, 0) is 11.3 Å². The van der Waals surface area contributed by atoms with Gasteiger partial charge >= 0.3 is 0 Å². The molecule has 0 radical (unpaired) electrons. The van der Waals surface area contributed by atoms with Crippen molar-refractivity contribution < 1.29 is 9.66 Å². The first-order valence-corrected chi connectivity index (χ1v) is 6.30. The molecule has 1 rings (SSSR count). The number of nitrogens with one attached hydrogen (secondary N) is 1. The van der Waals surface area contributed by atoms with E-state index in [0.29, 0.717) is 18.7 Å². The Morgan fingerprint density at radius 1 is 1.56 bits per heavy atom. The summed E-state index contributed by atoms with van der Waals surface area (Å²) in [4.78, 5) is 10.5. The van der Waals surface area contributed by atoms with Crippen molar-refractivity contribution in [2.24, 2.45) is 0 Å². The number of nitro groups is 1. The van der Waals surface area contributed by atoms with Gasteiger partial charge in [-0.1, -0.05) is 22.5 Å². The molecule has 1 aromatic rings. The SMILES string of the molecule is C=COCCCNCc1cc(Br)ccc1[N+](=O)[O-]. The Kier molecular flexibility index (Phi) is 6.38. The van der Waals surface area contributed by atoms with Crippen LogP contribution in [0.1, 0.15) is 12.0 Å². The Balaban J connectivity index is 2.47. The third-order valence-corrected chi connectivity index (χ3v) is 2.78. The molecule has 0 saturated heterocycles. The summed E-state index contributed by atoms with van der Waals surface area (Å²) in [7, 11) is 0. The van der Waals surface area contributed by atoms with Gasteiger partial charge in [0.2, 0.25) is 0 Å². The van der Waals surface area contributed by atoms with Crippen molar-refractivity contribution in [2.45, 2.75) is 13.0 Å². The second-order valence-corrected chi connectivity index (χ2v) is 4.51. The lowest BCUT2D eigenvalue weighted by atomic mass is 10.2. The Morgan fingerprint density at radius 3 is 3.00 bits per heavy atom. The Labute approximate surface area is 114 Å². The van der Waals surface area contributed by atoms with Gasteiger partial charge in [-0.05, 0) is 25.1 Å². The average Bonchev–Trinajstić information content (AvgIpc) is 2.33. The maximum Gasteiger partial charge on any atom is 0.273 e. The van der Waals surface area contributed by atoms with Gasteiger partial charge in [0.25, 0.3) is 5.69 Å². The lowest BCUT2D eigenvalue weighted by molar-refractivity contribution is -0.385. The molecule has 0 aliphatic rings. The van der Waals surface area contributed by atoms with Crippen LogP contribution >= 0.6 is 15.9 Å². The molecule has 0 atom stereocenters. The predicted molar refractivity (Wildman–Crippen MR) is 73.3 cm³/mol. The zero-order chi connectivity index (χ0) is 13.4. The fourth-order valence-electron chi connectivity index (χ4n) is 1.46. The highest BCUT2D eigenvalue weighted by atomic mass is 79.9. The molecule has 0 amide bonds. The predicted octanol–water partition coefficient (Wildman–Crippen LogP) is 3.00. The molecule has 0 fully saturated rings. The van der Waals surface area contributed by atoms with Gasteiger partial charge in [0, 0.05) is 22.6 Å². The standard InChI is InChI=1S/C12H15BrN2O3/c1-2-18-7-3-6-14-9-10-8-11(13)4-5-12(10)15(16)17/h2,4-5,8,14H,1,3,6-7,9H2. The first-order chi connectivity index (χ1) is 8.65. The highest BCUT2D eigenvalue weighted by molar-refractivity contribution is 9.10. The molecule has 0 aromatic heterocycles. The summed E-state index contributed by atoms with van der Waals surface area (Å²) in [6.07, 6.45) is 2.23.